The van der Waals surface area contributed by atoms with E-state index in [-0.39, 0.29) is 5.91 Å². The predicted octanol–water partition coefficient (Wildman–Crippen LogP) is 5.58. The van der Waals surface area contributed by atoms with Gasteiger partial charge in [0.25, 0.3) is 5.91 Å². The number of carbonyl (C=O) groups excluding carboxylic acids is 1. The molecule has 0 saturated carbocycles. The Morgan fingerprint density at radius 3 is 2.40 bits per heavy atom. The molecule has 5 heteroatoms. The van der Waals surface area contributed by atoms with Gasteiger partial charge >= 0.3 is 0 Å². The molecule has 1 aliphatic heterocycles. The van der Waals surface area contributed by atoms with Crippen molar-refractivity contribution in [1.82, 2.24) is 9.88 Å². The van der Waals surface area contributed by atoms with Crippen LogP contribution in [-0.2, 0) is 11.3 Å². The number of thioether (sulfide) groups is 1. The predicted molar refractivity (Wildman–Crippen MR) is 125 cm³/mol. The van der Waals surface area contributed by atoms with Crippen molar-refractivity contribution in [2.24, 2.45) is 4.99 Å². The third-order valence-corrected chi connectivity index (χ3v) is 5.85. The number of fused-ring (bicyclic) bond motifs is 1. The van der Waals surface area contributed by atoms with Gasteiger partial charge in [-0.25, -0.2) is 4.99 Å². The summed E-state index contributed by atoms with van der Waals surface area (Å²) in [5, 5.41) is 4.60. The van der Waals surface area contributed by atoms with E-state index in [9.17, 15) is 4.79 Å². The van der Waals surface area contributed by atoms with Crippen molar-refractivity contribution in [1.29, 1.82) is 0 Å². The third-order valence-electron chi connectivity index (χ3n) is 4.94. The van der Waals surface area contributed by atoms with E-state index in [4.69, 9.17) is 0 Å². The lowest BCUT2D eigenvalue weighted by molar-refractivity contribution is -0.115. The average Bonchev–Trinajstić information content (AvgIpc) is 3.30. The van der Waals surface area contributed by atoms with Crippen molar-refractivity contribution in [3.63, 3.8) is 0 Å². The molecule has 2 heterocycles. The minimum atomic E-state index is -0.116. The first-order chi connectivity index (χ1) is 14.8. The lowest BCUT2D eigenvalue weighted by atomic mass is 10.1. The van der Waals surface area contributed by atoms with Crippen molar-refractivity contribution in [3.8, 4) is 0 Å². The van der Waals surface area contributed by atoms with Crippen LogP contribution in [0.25, 0.3) is 17.0 Å². The van der Waals surface area contributed by atoms with Crippen LogP contribution in [0.1, 0.15) is 11.1 Å². The van der Waals surface area contributed by atoms with Gasteiger partial charge in [-0.3, -0.25) is 4.79 Å². The van der Waals surface area contributed by atoms with Crippen molar-refractivity contribution >= 4 is 45.5 Å². The van der Waals surface area contributed by atoms with Gasteiger partial charge in [0.05, 0.1) is 10.6 Å². The summed E-state index contributed by atoms with van der Waals surface area (Å²) >= 11 is 1.37. The average molecular weight is 410 g/mol. The molecule has 0 spiro atoms. The lowest BCUT2D eigenvalue weighted by Crippen LogP contribution is -2.19. The maximum Gasteiger partial charge on any atom is 0.264 e. The van der Waals surface area contributed by atoms with Gasteiger partial charge in [-0.15, -0.1) is 0 Å². The van der Waals surface area contributed by atoms with Crippen LogP contribution < -0.4 is 5.32 Å². The Morgan fingerprint density at radius 1 is 0.900 bits per heavy atom. The number of nitrogens with one attached hydrogen (secondary N) is 1. The van der Waals surface area contributed by atoms with Gasteiger partial charge in [0.1, 0.15) is 0 Å². The van der Waals surface area contributed by atoms with Crippen LogP contribution in [0.5, 0.6) is 0 Å². The summed E-state index contributed by atoms with van der Waals surface area (Å²) in [6.07, 6.45) is 4.07. The first-order valence-electron chi connectivity index (χ1n) is 9.73. The summed E-state index contributed by atoms with van der Waals surface area (Å²) in [5.41, 5.74) is 4.23. The number of hydrogen-bond acceptors (Lipinski definition) is 3. The van der Waals surface area contributed by atoms with Gasteiger partial charge in [-0.05, 0) is 41.6 Å². The molecule has 3 aromatic carbocycles. The number of aromatic nitrogens is 1. The largest absolute Gasteiger partial charge is 0.342 e. The first-order valence-corrected chi connectivity index (χ1v) is 10.5. The molecule has 5 rings (SSSR count). The number of para-hydroxylation sites is 2. The van der Waals surface area contributed by atoms with Gasteiger partial charge in [-0.1, -0.05) is 66.7 Å². The number of amides is 1. The zero-order valence-corrected chi connectivity index (χ0v) is 17.0. The van der Waals surface area contributed by atoms with Crippen molar-refractivity contribution < 1.29 is 4.79 Å². The van der Waals surface area contributed by atoms with Crippen LogP contribution in [0.3, 0.4) is 0 Å². The fourth-order valence-electron chi connectivity index (χ4n) is 3.54. The van der Waals surface area contributed by atoms with Gasteiger partial charge < -0.3 is 9.88 Å². The molecular formula is C25H19N3OS. The molecule has 4 aromatic rings. The number of carbonyl (C=O) groups is 1. The zero-order valence-electron chi connectivity index (χ0n) is 16.2. The molecule has 1 aromatic heterocycles. The van der Waals surface area contributed by atoms with Crippen LogP contribution in [-0.4, -0.2) is 15.6 Å². The molecular weight excluding hydrogens is 390 g/mol. The van der Waals surface area contributed by atoms with E-state index in [0.717, 1.165) is 28.7 Å². The van der Waals surface area contributed by atoms with Gasteiger partial charge in [0.15, 0.2) is 5.17 Å². The fraction of sp³-hybridized carbons (Fsp3) is 0.0400. The summed E-state index contributed by atoms with van der Waals surface area (Å²) in [6, 6.07) is 28.3. The third kappa shape index (κ3) is 3.80. The second-order valence-electron chi connectivity index (χ2n) is 7.03. The highest BCUT2D eigenvalue weighted by Crippen LogP contribution is 2.31. The molecule has 30 heavy (non-hydrogen) atoms. The molecule has 0 radical (unpaired) electrons. The number of nitrogens with zero attached hydrogens (tertiary/aromatic N) is 2. The summed E-state index contributed by atoms with van der Waals surface area (Å²) in [5.74, 6) is -0.116. The lowest BCUT2D eigenvalue weighted by Gasteiger charge is -2.05. The van der Waals surface area contributed by atoms with Crippen LogP contribution in [0.4, 0.5) is 5.69 Å². The highest BCUT2D eigenvalue weighted by Gasteiger charge is 2.24. The summed E-state index contributed by atoms with van der Waals surface area (Å²) in [6.45, 7) is 0.782. The topological polar surface area (TPSA) is 46.4 Å². The summed E-state index contributed by atoms with van der Waals surface area (Å²) in [7, 11) is 0. The molecule has 146 valence electrons. The maximum atomic E-state index is 12.5. The Kier molecular flexibility index (Phi) is 4.95. The van der Waals surface area contributed by atoms with E-state index >= 15 is 0 Å². The highest BCUT2D eigenvalue weighted by molar-refractivity contribution is 8.18. The Balaban J connectivity index is 1.48. The van der Waals surface area contributed by atoms with Gasteiger partial charge in [-0.2, -0.15) is 0 Å². The quantitative estimate of drug-likeness (QED) is 0.447. The minimum absolute atomic E-state index is 0.116. The molecule has 1 fully saturated rings. The number of benzene rings is 3. The minimum Gasteiger partial charge on any atom is -0.342 e. The molecule has 0 unspecified atom stereocenters. The van der Waals surface area contributed by atoms with Crippen LogP contribution in [0.15, 0.2) is 101 Å². The zero-order chi connectivity index (χ0) is 20.3. The number of rotatable bonds is 4. The van der Waals surface area contributed by atoms with Gasteiger partial charge in [0, 0.05) is 29.2 Å². The van der Waals surface area contributed by atoms with Crippen molar-refractivity contribution in [2.45, 2.75) is 6.54 Å². The fourth-order valence-corrected chi connectivity index (χ4v) is 4.38. The molecule has 0 bridgehead atoms. The molecule has 1 saturated heterocycles. The molecule has 4 nitrogen and oxygen atoms in total. The summed E-state index contributed by atoms with van der Waals surface area (Å²) in [4.78, 5) is 17.7. The molecule has 1 aliphatic rings. The second kappa shape index (κ2) is 8.05. The Labute approximate surface area is 179 Å². The first kappa shape index (κ1) is 18.5. The smallest absolute Gasteiger partial charge is 0.264 e. The van der Waals surface area contributed by atoms with Crippen molar-refractivity contribution in [2.75, 3.05) is 0 Å². The van der Waals surface area contributed by atoms with E-state index in [1.807, 2.05) is 54.6 Å². The van der Waals surface area contributed by atoms with Crippen LogP contribution >= 0.6 is 11.8 Å². The molecule has 1 N–H and O–H groups in total. The second-order valence-corrected chi connectivity index (χ2v) is 8.06. The Hall–Kier alpha value is -3.57. The van der Waals surface area contributed by atoms with E-state index in [2.05, 4.69) is 57.5 Å². The normalized spacial score (nSPS) is 16.5. The molecule has 1 amide bonds. The Bertz CT molecular complexity index is 1270. The van der Waals surface area contributed by atoms with E-state index in [0.29, 0.717) is 10.1 Å². The van der Waals surface area contributed by atoms with E-state index in [1.165, 1.54) is 17.3 Å². The van der Waals surface area contributed by atoms with E-state index in [1.54, 1.807) is 0 Å². The van der Waals surface area contributed by atoms with E-state index < -0.39 is 0 Å². The molecule has 0 atom stereocenters. The Morgan fingerprint density at radius 2 is 1.60 bits per heavy atom. The standard InChI is InChI=1S/C25H19N3OS/c29-24-23(30-25(27-24)26-20-11-5-2-6-12-20)15-19-17-28(16-18-9-3-1-4-10-18)22-14-8-7-13-21(19)22/h1-15,17H,16H2,(H,26,27,29)/b23-15+. The highest BCUT2D eigenvalue weighted by atomic mass is 32.2. The SMILES string of the molecule is O=C1NC(=Nc2ccccc2)S/C1=C/c1cn(Cc2ccccc2)c2ccccc12. The monoisotopic (exact) mass is 409 g/mol. The van der Waals surface area contributed by atoms with Gasteiger partial charge in [0.2, 0.25) is 0 Å². The van der Waals surface area contributed by atoms with Crippen LogP contribution in [0, 0.1) is 0 Å². The number of aliphatic imine (C=N–C) groups is 1. The summed E-state index contributed by atoms with van der Waals surface area (Å²) < 4.78 is 2.23. The van der Waals surface area contributed by atoms with Crippen LogP contribution in [0.2, 0.25) is 0 Å². The number of amidine groups is 1. The number of hydrogen-bond donors (Lipinski definition) is 1. The molecule has 0 aliphatic carbocycles. The maximum absolute atomic E-state index is 12.5. The van der Waals surface area contributed by atoms with Crippen molar-refractivity contribution in [3.05, 3.63) is 107 Å².